The Morgan fingerprint density at radius 3 is 2.76 bits per heavy atom. The molecular weight excluding hydrogens is 343 g/mol. The number of carbonyl (C=O) groups excluding carboxylic acids is 1. The van der Waals surface area contributed by atoms with Crippen molar-refractivity contribution in [1.82, 2.24) is 15.0 Å². The van der Waals surface area contributed by atoms with E-state index in [2.05, 4.69) is 10.1 Å². The maximum absolute atomic E-state index is 13.9. The Morgan fingerprint density at radius 2 is 2.04 bits per heavy atom. The number of phenolic OH excluding ortho intramolecular Hbond substituents is 1. The predicted molar refractivity (Wildman–Crippen MR) is 76.7 cm³/mol. The van der Waals surface area contributed by atoms with Crippen LogP contribution in [0.15, 0.2) is 10.6 Å². The first-order valence-corrected chi connectivity index (χ1v) is 7.41. The van der Waals surface area contributed by atoms with Gasteiger partial charge in [0.25, 0.3) is 11.8 Å². The smallest absolute Gasteiger partial charge is 0.261 e. The van der Waals surface area contributed by atoms with Crippen LogP contribution >= 0.6 is 0 Å². The summed E-state index contributed by atoms with van der Waals surface area (Å²) in [4.78, 5) is 17.4. The molecule has 3 rings (SSSR count). The molecular formula is C15H14F3N3O4. The molecule has 134 valence electrons. The number of aromatic hydroxyl groups is 1. The molecule has 1 fully saturated rings. The number of aromatic nitrogens is 2. The molecule has 0 bridgehead atoms. The Hall–Kier alpha value is -2.62. The zero-order valence-corrected chi connectivity index (χ0v) is 13.3. The second-order valence-corrected chi connectivity index (χ2v) is 5.71. The summed E-state index contributed by atoms with van der Waals surface area (Å²) in [6, 6.07) is 0.506. The summed E-state index contributed by atoms with van der Waals surface area (Å²) < 4.78 is 50.6. The molecule has 0 radical (unpaired) electrons. The van der Waals surface area contributed by atoms with Crippen molar-refractivity contribution in [3.05, 3.63) is 29.3 Å². The first-order chi connectivity index (χ1) is 11.8. The minimum Gasteiger partial charge on any atom is -0.503 e. The van der Waals surface area contributed by atoms with Gasteiger partial charge in [-0.3, -0.25) is 4.79 Å². The van der Waals surface area contributed by atoms with Crippen molar-refractivity contribution >= 4 is 5.91 Å². The fourth-order valence-corrected chi connectivity index (χ4v) is 2.59. The number of nitrogens with zero attached hydrogens (tertiary/aromatic N) is 3. The molecule has 1 aromatic carbocycles. The Balaban J connectivity index is 1.85. The zero-order chi connectivity index (χ0) is 18.3. The normalized spacial score (nSPS) is 21.0. The average molecular weight is 357 g/mol. The number of rotatable bonds is 3. The highest BCUT2D eigenvalue weighted by Gasteiger charge is 2.31. The van der Waals surface area contributed by atoms with Gasteiger partial charge in [-0.2, -0.15) is 9.37 Å². The maximum atomic E-state index is 13.9. The van der Waals surface area contributed by atoms with Crippen molar-refractivity contribution < 1.29 is 32.3 Å². The molecule has 1 aliphatic heterocycles. The standard InChI is InChI=1S/C15H14F3N3O4/c1-6-4-21(15(23)7(2)24-6)5-10-19-14(25-20-10)8-3-9(16)12(18)13(22)11(8)17/h3,6-7,22H,4-5H2,1-2H3/t6-,7+/m0/s1. The largest absolute Gasteiger partial charge is 0.503 e. The number of hydrogen-bond acceptors (Lipinski definition) is 6. The highest BCUT2D eigenvalue weighted by atomic mass is 19.2. The fourth-order valence-electron chi connectivity index (χ4n) is 2.59. The molecule has 1 N–H and O–H groups in total. The van der Waals surface area contributed by atoms with Gasteiger partial charge in [0.1, 0.15) is 6.10 Å². The van der Waals surface area contributed by atoms with E-state index in [1.165, 1.54) is 4.90 Å². The van der Waals surface area contributed by atoms with Gasteiger partial charge in [-0.25, -0.2) is 8.78 Å². The van der Waals surface area contributed by atoms with Crippen LogP contribution in [0.1, 0.15) is 19.7 Å². The van der Waals surface area contributed by atoms with Crippen LogP contribution in [0.2, 0.25) is 0 Å². The van der Waals surface area contributed by atoms with E-state index >= 15 is 0 Å². The van der Waals surface area contributed by atoms with Crippen LogP contribution in [-0.2, 0) is 16.1 Å². The molecule has 7 nitrogen and oxygen atoms in total. The van der Waals surface area contributed by atoms with Crippen molar-refractivity contribution in [3.8, 4) is 17.2 Å². The summed E-state index contributed by atoms with van der Waals surface area (Å²) in [7, 11) is 0. The minimum atomic E-state index is -1.71. The summed E-state index contributed by atoms with van der Waals surface area (Å²) in [6.45, 7) is 3.72. The number of amides is 1. The number of benzene rings is 1. The van der Waals surface area contributed by atoms with Crippen molar-refractivity contribution in [1.29, 1.82) is 0 Å². The average Bonchev–Trinajstić information content (AvgIpc) is 3.02. The lowest BCUT2D eigenvalue weighted by Gasteiger charge is -2.34. The summed E-state index contributed by atoms with van der Waals surface area (Å²) in [5, 5.41) is 12.9. The zero-order valence-electron chi connectivity index (χ0n) is 13.3. The Labute approximate surface area is 140 Å². The second-order valence-electron chi connectivity index (χ2n) is 5.71. The summed E-state index contributed by atoms with van der Waals surface area (Å²) in [5.41, 5.74) is -0.579. The van der Waals surface area contributed by atoms with Gasteiger partial charge in [0.05, 0.1) is 18.2 Å². The second kappa shape index (κ2) is 6.36. The molecule has 1 aromatic heterocycles. The van der Waals surface area contributed by atoms with E-state index in [-0.39, 0.29) is 24.4 Å². The van der Waals surface area contributed by atoms with Crippen LogP contribution in [0.5, 0.6) is 5.75 Å². The SMILES string of the molecule is C[C@H]1CN(Cc2noc(-c3cc(F)c(F)c(O)c3F)n2)C(=O)[C@@H](C)O1. The third-order valence-electron chi connectivity index (χ3n) is 3.74. The minimum absolute atomic E-state index is 0.0162. The molecule has 0 unspecified atom stereocenters. The van der Waals surface area contributed by atoms with Crippen molar-refractivity contribution in [2.24, 2.45) is 0 Å². The van der Waals surface area contributed by atoms with E-state index in [4.69, 9.17) is 9.26 Å². The van der Waals surface area contributed by atoms with Crippen LogP contribution in [-0.4, -0.2) is 44.8 Å². The number of halogens is 3. The van der Waals surface area contributed by atoms with E-state index < -0.39 is 40.8 Å². The first kappa shape index (κ1) is 17.2. The van der Waals surface area contributed by atoms with Gasteiger partial charge in [-0.1, -0.05) is 5.16 Å². The fraction of sp³-hybridized carbons (Fsp3) is 0.400. The molecule has 0 spiro atoms. The molecule has 2 heterocycles. The van der Waals surface area contributed by atoms with Gasteiger partial charge in [0, 0.05) is 6.54 Å². The lowest BCUT2D eigenvalue weighted by atomic mass is 10.2. The Kier molecular flexibility index (Phi) is 4.38. The number of ether oxygens (including phenoxy) is 1. The number of carbonyl (C=O) groups is 1. The van der Waals surface area contributed by atoms with Crippen LogP contribution in [0.25, 0.3) is 11.5 Å². The van der Waals surface area contributed by atoms with Crippen LogP contribution < -0.4 is 0 Å². The molecule has 1 aliphatic rings. The first-order valence-electron chi connectivity index (χ1n) is 7.41. The molecule has 0 saturated carbocycles. The predicted octanol–water partition coefficient (Wildman–Crippen LogP) is 2.00. The maximum Gasteiger partial charge on any atom is 0.261 e. The molecule has 0 aliphatic carbocycles. The van der Waals surface area contributed by atoms with Crippen molar-refractivity contribution in [2.75, 3.05) is 6.54 Å². The number of hydrogen-bond donors (Lipinski definition) is 1. The van der Waals surface area contributed by atoms with E-state index in [1.54, 1.807) is 13.8 Å². The monoisotopic (exact) mass is 357 g/mol. The number of phenols is 1. The Morgan fingerprint density at radius 1 is 1.32 bits per heavy atom. The van der Waals surface area contributed by atoms with Gasteiger partial charge in [-0.05, 0) is 19.9 Å². The van der Waals surface area contributed by atoms with Gasteiger partial charge < -0.3 is 19.3 Å². The van der Waals surface area contributed by atoms with Crippen LogP contribution in [0.4, 0.5) is 13.2 Å². The van der Waals surface area contributed by atoms with E-state index in [0.717, 1.165) is 0 Å². The molecule has 25 heavy (non-hydrogen) atoms. The molecule has 1 saturated heterocycles. The van der Waals surface area contributed by atoms with Gasteiger partial charge in [-0.15, -0.1) is 0 Å². The lowest BCUT2D eigenvalue weighted by molar-refractivity contribution is -0.159. The quantitative estimate of drug-likeness (QED) is 0.846. The Bertz CT molecular complexity index is 827. The molecule has 2 atom stereocenters. The summed E-state index contributed by atoms with van der Waals surface area (Å²) in [6.07, 6.45) is -0.796. The van der Waals surface area contributed by atoms with E-state index in [1.807, 2.05) is 0 Å². The van der Waals surface area contributed by atoms with Crippen molar-refractivity contribution in [2.45, 2.75) is 32.6 Å². The van der Waals surface area contributed by atoms with Crippen LogP contribution in [0, 0.1) is 17.5 Å². The molecule has 2 aromatic rings. The third-order valence-corrected chi connectivity index (χ3v) is 3.74. The summed E-state index contributed by atoms with van der Waals surface area (Å²) >= 11 is 0. The molecule has 10 heteroatoms. The molecule has 1 amide bonds. The van der Waals surface area contributed by atoms with Gasteiger partial charge >= 0.3 is 0 Å². The van der Waals surface area contributed by atoms with Gasteiger partial charge in [0.15, 0.2) is 23.2 Å². The number of morpholine rings is 1. The third kappa shape index (κ3) is 3.16. The lowest BCUT2D eigenvalue weighted by Crippen LogP contribution is -2.49. The van der Waals surface area contributed by atoms with E-state index in [0.29, 0.717) is 12.6 Å². The van der Waals surface area contributed by atoms with E-state index in [9.17, 15) is 23.1 Å². The topological polar surface area (TPSA) is 88.7 Å². The highest BCUT2D eigenvalue weighted by molar-refractivity contribution is 5.81. The van der Waals surface area contributed by atoms with Crippen molar-refractivity contribution in [3.63, 3.8) is 0 Å². The van der Waals surface area contributed by atoms with Gasteiger partial charge in [0.2, 0.25) is 5.82 Å². The summed E-state index contributed by atoms with van der Waals surface area (Å²) in [5.74, 6) is -6.71. The van der Waals surface area contributed by atoms with Crippen LogP contribution in [0.3, 0.4) is 0 Å². The highest BCUT2D eigenvalue weighted by Crippen LogP contribution is 2.31.